The van der Waals surface area contributed by atoms with Gasteiger partial charge < -0.3 is 4.74 Å². The van der Waals surface area contributed by atoms with Crippen LogP contribution in [0.5, 0.6) is 5.75 Å². The maximum Gasteiger partial charge on any atom is 0.242 e. The van der Waals surface area contributed by atoms with Crippen LogP contribution in [0.2, 0.25) is 0 Å². The Bertz CT molecular complexity index is 965. The first-order valence-electron chi connectivity index (χ1n) is 9.95. The lowest BCUT2D eigenvalue weighted by atomic mass is 9.73. The monoisotopic (exact) mass is 390 g/mol. The van der Waals surface area contributed by atoms with Gasteiger partial charge in [-0.25, -0.2) is 10.0 Å². The summed E-state index contributed by atoms with van der Waals surface area (Å²) in [6.07, 6.45) is 1.43. The van der Waals surface area contributed by atoms with Crippen molar-refractivity contribution in [2.24, 2.45) is 0 Å². The lowest BCUT2D eigenvalue weighted by Crippen LogP contribution is -2.47. The van der Waals surface area contributed by atoms with Gasteiger partial charge in [-0.1, -0.05) is 42.5 Å². The molecule has 1 aliphatic heterocycles. The Morgan fingerprint density at radius 3 is 2.34 bits per heavy atom. The fourth-order valence-corrected chi connectivity index (χ4v) is 4.59. The molecule has 2 aliphatic rings. The van der Waals surface area contributed by atoms with Crippen LogP contribution < -0.4 is 4.74 Å². The number of hydrogen-bond acceptors (Lipinski definition) is 4. The molecule has 29 heavy (non-hydrogen) atoms. The van der Waals surface area contributed by atoms with Crippen molar-refractivity contribution in [2.45, 2.75) is 31.1 Å². The minimum atomic E-state index is -0.229. The van der Waals surface area contributed by atoms with Crippen LogP contribution in [0.4, 0.5) is 0 Å². The summed E-state index contributed by atoms with van der Waals surface area (Å²) < 4.78 is 5.37. The summed E-state index contributed by atoms with van der Waals surface area (Å²) in [4.78, 5) is 26.5. The van der Waals surface area contributed by atoms with Crippen LogP contribution in [-0.2, 0) is 9.59 Å². The Balaban J connectivity index is 1.81. The summed E-state index contributed by atoms with van der Waals surface area (Å²) >= 11 is 0. The molecule has 2 aromatic rings. The predicted molar refractivity (Wildman–Crippen MR) is 111 cm³/mol. The summed E-state index contributed by atoms with van der Waals surface area (Å²) in [5.74, 6) is 0.739. The number of nitrogens with zero attached hydrogens (tertiary/aromatic N) is 2. The van der Waals surface area contributed by atoms with Crippen LogP contribution >= 0.6 is 0 Å². The lowest BCUT2D eigenvalue weighted by molar-refractivity contribution is -0.143. The highest BCUT2D eigenvalue weighted by Gasteiger charge is 2.42. The first-order chi connectivity index (χ1) is 14.0. The van der Waals surface area contributed by atoms with E-state index in [9.17, 15) is 9.59 Å². The fourth-order valence-electron chi connectivity index (χ4n) is 4.59. The number of benzene rings is 2. The van der Waals surface area contributed by atoms with Gasteiger partial charge in [-0.2, -0.15) is 0 Å². The molecule has 0 bridgehead atoms. The number of carbonyl (C=O) groups excluding carboxylic acids is 2. The number of Topliss-reactive ketones (excluding diaryl/α,β-unsaturated/α-hetero) is 1. The van der Waals surface area contributed by atoms with E-state index in [1.165, 1.54) is 0 Å². The number of ether oxygens (including phenoxy) is 1. The number of hydrogen-bond donors (Lipinski definition) is 0. The van der Waals surface area contributed by atoms with Crippen LogP contribution in [0.3, 0.4) is 0 Å². The van der Waals surface area contributed by atoms with Gasteiger partial charge in [-0.15, -0.1) is 0 Å². The van der Waals surface area contributed by atoms with Crippen molar-refractivity contribution in [2.75, 3.05) is 21.2 Å². The van der Waals surface area contributed by atoms with E-state index in [-0.39, 0.29) is 29.9 Å². The van der Waals surface area contributed by atoms with E-state index in [2.05, 4.69) is 12.1 Å². The Hall–Kier alpha value is -2.92. The summed E-state index contributed by atoms with van der Waals surface area (Å²) in [5.41, 5.74) is 3.71. The molecule has 1 heterocycles. The standard InChI is InChI=1S/C24H26N2O3/c1-25(2)26-21-13-18(16-8-5-4-6-9-16)14-22(27)24(21)20(15-23(26)28)17-10-7-11-19(12-17)29-3/h4-12,18,20H,13-15H2,1-3H3. The molecule has 0 fully saturated rings. The molecule has 150 valence electrons. The molecule has 1 amide bonds. The van der Waals surface area contributed by atoms with E-state index < -0.39 is 0 Å². The average Bonchev–Trinajstić information content (AvgIpc) is 2.73. The molecule has 0 N–H and O–H groups in total. The SMILES string of the molecule is COc1cccc(C2CC(=O)N(N(C)C)C3=C2C(=O)CC(c2ccccc2)C3)c1. The van der Waals surface area contributed by atoms with Gasteiger partial charge in [-0.05, 0) is 35.6 Å². The fraction of sp³-hybridized carbons (Fsp3) is 0.333. The minimum Gasteiger partial charge on any atom is -0.497 e. The van der Waals surface area contributed by atoms with Crippen molar-refractivity contribution in [3.8, 4) is 5.75 Å². The molecule has 2 atom stereocenters. The zero-order valence-corrected chi connectivity index (χ0v) is 17.1. The van der Waals surface area contributed by atoms with Crippen LogP contribution in [0.1, 0.15) is 42.2 Å². The molecule has 1 aliphatic carbocycles. The molecule has 2 unspecified atom stereocenters. The maximum atomic E-state index is 13.4. The highest BCUT2D eigenvalue weighted by atomic mass is 16.5. The van der Waals surface area contributed by atoms with E-state index in [1.807, 2.05) is 56.6 Å². The van der Waals surface area contributed by atoms with E-state index >= 15 is 0 Å². The van der Waals surface area contributed by atoms with E-state index in [4.69, 9.17) is 4.74 Å². The second kappa shape index (κ2) is 7.84. The largest absolute Gasteiger partial charge is 0.497 e. The van der Waals surface area contributed by atoms with Crippen molar-refractivity contribution in [1.29, 1.82) is 0 Å². The van der Waals surface area contributed by atoms with Crippen molar-refractivity contribution in [3.05, 3.63) is 77.0 Å². The molecule has 4 rings (SSSR count). The highest BCUT2D eigenvalue weighted by Crippen LogP contribution is 2.46. The number of amides is 1. The zero-order valence-electron chi connectivity index (χ0n) is 17.1. The molecule has 2 aromatic carbocycles. The first kappa shape index (κ1) is 19.4. The highest BCUT2D eigenvalue weighted by molar-refractivity contribution is 6.02. The Morgan fingerprint density at radius 1 is 0.931 bits per heavy atom. The molecule has 0 radical (unpaired) electrons. The molecule has 5 nitrogen and oxygen atoms in total. The van der Waals surface area contributed by atoms with E-state index in [1.54, 1.807) is 17.1 Å². The number of ketones is 1. The quantitative estimate of drug-likeness (QED) is 0.795. The Morgan fingerprint density at radius 2 is 1.66 bits per heavy atom. The molecule has 0 saturated carbocycles. The Labute approximate surface area is 171 Å². The van der Waals surface area contributed by atoms with Gasteiger partial charge in [0.2, 0.25) is 5.91 Å². The number of hydrazine groups is 1. The second-order valence-electron chi connectivity index (χ2n) is 7.89. The van der Waals surface area contributed by atoms with Crippen molar-refractivity contribution in [3.63, 3.8) is 0 Å². The van der Waals surface area contributed by atoms with Crippen LogP contribution in [0.25, 0.3) is 0 Å². The first-order valence-corrected chi connectivity index (χ1v) is 9.95. The molecular weight excluding hydrogens is 364 g/mol. The summed E-state index contributed by atoms with van der Waals surface area (Å²) in [7, 11) is 5.33. The second-order valence-corrected chi connectivity index (χ2v) is 7.89. The Kier molecular flexibility index (Phi) is 5.24. The van der Waals surface area contributed by atoms with Gasteiger partial charge in [0.25, 0.3) is 0 Å². The van der Waals surface area contributed by atoms with E-state index in [0.29, 0.717) is 12.8 Å². The van der Waals surface area contributed by atoms with E-state index in [0.717, 1.165) is 28.1 Å². The normalized spacial score (nSPS) is 22.1. The summed E-state index contributed by atoms with van der Waals surface area (Å²) in [6, 6.07) is 17.8. The van der Waals surface area contributed by atoms with Gasteiger partial charge in [-0.3, -0.25) is 9.59 Å². The summed E-state index contributed by atoms with van der Waals surface area (Å²) in [6.45, 7) is 0. The average molecular weight is 390 g/mol. The van der Waals surface area contributed by atoms with Gasteiger partial charge in [0.05, 0.1) is 7.11 Å². The molecular formula is C24H26N2O3. The number of methoxy groups -OCH3 is 1. The molecule has 5 heteroatoms. The molecule has 0 saturated heterocycles. The van der Waals surface area contributed by atoms with Crippen molar-refractivity contribution >= 4 is 11.7 Å². The number of allylic oxidation sites excluding steroid dienone is 2. The molecule has 0 spiro atoms. The summed E-state index contributed by atoms with van der Waals surface area (Å²) in [5, 5.41) is 3.49. The third-order valence-corrected chi connectivity index (χ3v) is 5.87. The van der Waals surface area contributed by atoms with Crippen LogP contribution in [-0.4, -0.2) is 42.9 Å². The minimum absolute atomic E-state index is 0.0167. The third-order valence-electron chi connectivity index (χ3n) is 5.87. The van der Waals surface area contributed by atoms with Crippen LogP contribution in [0, 0.1) is 0 Å². The number of rotatable bonds is 4. The predicted octanol–water partition coefficient (Wildman–Crippen LogP) is 3.89. The topological polar surface area (TPSA) is 49.9 Å². The zero-order chi connectivity index (χ0) is 20.5. The maximum absolute atomic E-state index is 13.4. The van der Waals surface area contributed by atoms with Crippen molar-refractivity contribution < 1.29 is 14.3 Å². The van der Waals surface area contributed by atoms with Crippen LogP contribution in [0.15, 0.2) is 65.9 Å². The lowest BCUT2D eigenvalue weighted by Gasteiger charge is -2.42. The smallest absolute Gasteiger partial charge is 0.242 e. The van der Waals surface area contributed by atoms with Gasteiger partial charge in [0.15, 0.2) is 5.78 Å². The molecule has 0 aromatic heterocycles. The third kappa shape index (κ3) is 3.58. The van der Waals surface area contributed by atoms with Gasteiger partial charge >= 0.3 is 0 Å². The van der Waals surface area contributed by atoms with Gasteiger partial charge in [0.1, 0.15) is 5.75 Å². The number of carbonyl (C=O) groups is 2. The van der Waals surface area contributed by atoms with Gasteiger partial charge in [0, 0.05) is 44.1 Å². The van der Waals surface area contributed by atoms with Crippen molar-refractivity contribution in [1.82, 2.24) is 10.0 Å².